The number of nitrogens with one attached hydrogen (secondary N) is 1. The summed E-state index contributed by atoms with van der Waals surface area (Å²) in [5.41, 5.74) is 0. The second kappa shape index (κ2) is 6.11. The third-order valence-electron chi connectivity index (χ3n) is 3.17. The van der Waals surface area contributed by atoms with E-state index in [4.69, 9.17) is 5.11 Å². The predicted molar refractivity (Wildman–Crippen MR) is 77.1 cm³/mol. The van der Waals surface area contributed by atoms with Crippen molar-refractivity contribution in [3.8, 4) is 0 Å². The standard InChI is InChI=1S/C12H15BrN2O4S/c13-10-5-1-2-6-11(10)20(18,19)15-7-3-4-9(8-15)14-12(16)17/h1-2,5-6,9,14H,3-4,7-8H2,(H,16,17). The average molecular weight is 363 g/mol. The topological polar surface area (TPSA) is 86.7 Å². The van der Waals surface area contributed by atoms with Gasteiger partial charge in [0.1, 0.15) is 0 Å². The zero-order chi connectivity index (χ0) is 14.8. The van der Waals surface area contributed by atoms with Gasteiger partial charge in [-0.05, 0) is 40.9 Å². The fraction of sp³-hybridized carbons (Fsp3) is 0.417. The van der Waals surface area contributed by atoms with Gasteiger partial charge in [-0.15, -0.1) is 0 Å². The molecular weight excluding hydrogens is 348 g/mol. The van der Waals surface area contributed by atoms with E-state index in [0.29, 0.717) is 23.9 Å². The van der Waals surface area contributed by atoms with Crippen molar-refractivity contribution in [1.29, 1.82) is 0 Å². The molecule has 0 radical (unpaired) electrons. The molecule has 6 nitrogen and oxygen atoms in total. The lowest BCUT2D eigenvalue weighted by molar-refractivity contribution is 0.181. The lowest BCUT2D eigenvalue weighted by Gasteiger charge is -2.31. The van der Waals surface area contributed by atoms with Crippen molar-refractivity contribution < 1.29 is 18.3 Å². The molecule has 1 aliphatic heterocycles. The molecule has 20 heavy (non-hydrogen) atoms. The number of rotatable bonds is 3. The summed E-state index contributed by atoms with van der Waals surface area (Å²) >= 11 is 3.24. The fourth-order valence-corrected chi connectivity index (χ4v) is 4.73. The summed E-state index contributed by atoms with van der Waals surface area (Å²) in [5.74, 6) is 0. The van der Waals surface area contributed by atoms with Crippen molar-refractivity contribution in [1.82, 2.24) is 9.62 Å². The Morgan fingerprint density at radius 3 is 2.75 bits per heavy atom. The lowest BCUT2D eigenvalue weighted by Crippen LogP contribution is -2.49. The maximum atomic E-state index is 12.6. The van der Waals surface area contributed by atoms with Gasteiger partial charge in [0.2, 0.25) is 10.0 Å². The van der Waals surface area contributed by atoms with E-state index in [2.05, 4.69) is 21.2 Å². The zero-order valence-corrected chi connectivity index (χ0v) is 13.0. The van der Waals surface area contributed by atoms with Gasteiger partial charge in [0, 0.05) is 23.6 Å². The van der Waals surface area contributed by atoms with Crippen molar-refractivity contribution in [3.05, 3.63) is 28.7 Å². The number of piperidine rings is 1. The summed E-state index contributed by atoms with van der Waals surface area (Å²) in [6.07, 6.45) is 0.151. The molecule has 1 unspecified atom stereocenters. The average Bonchev–Trinajstić information content (AvgIpc) is 2.38. The molecule has 1 fully saturated rings. The van der Waals surface area contributed by atoms with Crippen molar-refractivity contribution in [3.63, 3.8) is 0 Å². The molecule has 1 aromatic rings. The summed E-state index contributed by atoms with van der Waals surface area (Å²) in [6.45, 7) is 0.567. The Morgan fingerprint density at radius 1 is 1.40 bits per heavy atom. The number of nitrogens with zero attached hydrogens (tertiary/aromatic N) is 1. The van der Waals surface area contributed by atoms with Crippen molar-refractivity contribution in [2.75, 3.05) is 13.1 Å². The van der Waals surface area contributed by atoms with E-state index in [1.54, 1.807) is 18.2 Å². The first-order chi connectivity index (χ1) is 9.41. The second-order valence-corrected chi connectivity index (χ2v) is 7.34. The van der Waals surface area contributed by atoms with E-state index in [1.807, 2.05) is 0 Å². The molecule has 0 aliphatic carbocycles. The van der Waals surface area contributed by atoms with Crippen molar-refractivity contribution in [2.24, 2.45) is 0 Å². The van der Waals surface area contributed by atoms with Crippen LogP contribution in [0.5, 0.6) is 0 Å². The Bertz CT molecular complexity index is 605. The minimum atomic E-state index is -3.61. The molecule has 1 aromatic carbocycles. The minimum Gasteiger partial charge on any atom is -0.465 e. The van der Waals surface area contributed by atoms with E-state index in [1.165, 1.54) is 10.4 Å². The summed E-state index contributed by atoms with van der Waals surface area (Å²) in [7, 11) is -3.61. The number of carboxylic acid groups (broad SMARTS) is 1. The molecule has 1 heterocycles. The largest absolute Gasteiger partial charge is 0.465 e. The molecule has 0 aromatic heterocycles. The highest BCUT2D eigenvalue weighted by Crippen LogP contribution is 2.26. The second-order valence-electron chi connectivity index (χ2n) is 4.58. The van der Waals surface area contributed by atoms with Gasteiger partial charge in [0.25, 0.3) is 0 Å². The van der Waals surface area contributed by atoms with E-state index in [0.717, 1.165) is 0 Å². The van der Waals surface area contributed by atoms with Crippen LogP contribution in [-0.2, 0) is 10.0 Å². The van der Waals surface area contributed by atoms with Crippen molar-refractivity contribution in [2.45, 2.75) is 23.8 Å². The first-order valence-corrected chi connectivity index (χ1v) is 8.38. The monoisotopic (exact) mass is 362 g/mol. The van der Waals surface area contributed by atoms with Crippen LogP contribution in [0.15, 0.2) is 33.6 Å². The summed E-state index contributed by atoms with van der Waals surface area (Å²) < 4.78 is 27.0. The number of sulfonamides is 1. The SMILES string of the molecule is O=C(O)NC1CCCN(S(=O)(=O)c2ccccc2Br)C1. The van der Waals surface area contributed by atoms with Crippen LogP contribution < -0.4 is 5.32 Å². The number of halogens is 1. The maximum absolute atomic E-state index is 12.6. The lowest BCUT2D eigenvalue weighted by atomic mass is 10.1. The molecule has 0 spiro atoms. The molecule has 1 atom stereocenters. The molecule has 110 valence electrons. The first-order valence-electron chi connectivity index (χ1n) is 6.15. The highest BCUT2D eigenvalue weighted by atomic mass is 79.9. The maximum Gasteiger partial charge on any atom is 0.404 e. The number of hydrogen-bond acceptors (Lipinski definition) is 3. The molecule has 2 rings (SSSR count). The molecule has 8 heteroatoms. The quantitative estimate of drug-likeness (QED) is 0.859. The fourth-order valence-electron chi connectivity index (χ4n) is 2.25. The van der Waals surface area contributed by atoms with Gasteiger partial charge in [-0.1, -0.05) is 12.1 Å². The van der Waals surface area contributed by atoms with Gasteiger partial charge in [0.05, 0.1) is 4.90 Å². The van der Waals surface area contributed by atoms with Crippen LogP contribution in [0.1, 0.15) is 12.8 Å². The van der Waals surface area contributed by atoms with Crippen LogP contribution in [0.25, 0.3) is 0 Å². The van der Waals surface area contributed by atoms with Gasteiger partial charge in [0.15, 0.2) is 0 Å². The molecule has 0 saturated carbocycles. The molecular formula is C12H15BrN2O4S. The van der Waals surface area contributed by atoms with Crippen LogP contribution in [0.4, 0.5) is 4.79 Å². The molecule has 1 amide bonds. The molecule has 0 bridgehead atoms. The minimum absolute atomic E-state index is 0.163. The number of benzene rings is 1. The van der Waals surface area contributed by atoms with Crippen LogP contribution in [-0.4, -0.2) is 43.1 Å². The van der Waals surface area contributed by atoms with Crippen LogP contribution in [0.3, 0.4) is 0 Å². The van der Waals surface area contributed by atoms with Crippen LogP contribution >= 0.6 is 15.9 Å². The van der Waals surface area contributed by atoms with Gasteiger partial charge < -0.3 is 10.4 Å². The Morgan fingerprint density at radius 2 is 2.10 bits per heavy atom. The third-order valence-corrected chi connectivity index (χ3v) is 6.04. The Labute approximate surface area is 126 Å². The third kappa shape index (κ3) is 3.31. The summed E-state index contributed by atoms with van der Waals surface area (Å²) in [4.78, 5) is 10.9. The number of hydrogen-bond donors (Lipinski definition) is 2. The summed E-state index contributed by atoms with van der Waals surface area (Å²) in [6, 6.07) is 6.25. The van der Waals surface area contributed by atoms with Gasteiger partial charge >= 0.3 is 6.09 Å². The number of amides is 1. The first kappa shape index (κ1) is 15.3. The Balaban J connectivity index is 2.22. The van der Waals surface area contributed by atoms with Crippen molar-refractivity contribution >= 4 is 32.0 Å². The van der Waals surface area contributed by atoms with E-state index >= 15 is 0 Å². The van der Waals surface area contributed by atoms with Gasteiger partial charge in [-0.3, -0.25) is 0 Å². The van der Waals surface area contributed by atoms with E-state index in [9.17, 15) is 13.2 Å². The normalized spacial score (nSPS) is 20.6. The molecule has 2 N–H and O–H groups in total. The van der Waals surface area contributed by atoms with E-state index in [-0.39, 0.29) is 17.5 Å². The Kier molecular flexibility index (Phi) is 4.66. The number of carbonyl (C=O) groups is 1. The van der Waals surface area contributed by atoms with Crippen LogP contribution in [0.2, 0.25) is 0 Å². The van der Waals surface area contributed by atoms with Crippen LogP contribution in [0, 0.1) is 0 Å². The Hall–Kier alpha value is -1.12. The van der Waals surface area contributed by atoms with E-state index < -0.39 is 16.1 Å². The summed E-state index contributed by atoms with van der Waals surface area (Å²) in [5, 5.41) is 11.1. The highest BCUT2D eigenvalue weighted by molar-refractivity contribution is 9.10. The molecule has 1 aliphatic rings. The smallest absolute Gasteiger partial charge is 0.404 e. The highest BCUT2D eigenvalue weighted by Gasteiger charge is 2.31. The van der Waals surface area contributed by atoms with Gasteiger partial charge in [-0.25, -0.2) is 13.2 Å². The molecule has 1 saturated heterocycles. The van der Waals surface area contributed by atoms with Gasteiger partial charge in [-0.2, -0.15) is 4.31 Å². The zero-order valence-electron chi connectivity index (χ0n) is 10.6. The predicted octanol–water partition coefficient (Wildman–Crippen LogP) is 1.87.